The molecule has 0 heterocycles. The number of rotatable bonds is 6. The molecular weight excluding hydrogens is 284 g/mol. The molecule has 0 rings (SSSR count). The summed E-state index contributed by atoms with van der Waals surface area (Å²) < 4.78 is 0. The van der Waals surface area contributed by atoms with E-state index in [2.05, 4.69) is 19.7 Å². The smallest absolute Gasteiger partial charge is 0.327 e. The van der Waals surface area contributed by atoms with Gasteiger partial charge in [-0.1, -0.05) is 19.7 Å². The molecule has 0 aromatic rings. The van der Waals surface area contributed by atoms with Crippen LogP contribution in [-0.4, -0.2) is 56.7 Å². The van der Waals surface area contributed by atoms with Crippen LogP contribution >= 0.6 is 0 Å². The molecule has 0 fully saturated rings. The molecule has 8 nitrogen and oxygen atoms in total. The first kappa shape index (κ1) is 27.0. The van der Waals surface area contributed by atoms with E-state index in [1.165, 1.54) is 0 Å². The van der Waals surface area contributed by atoms with Crippen LogP contribution in [-0.2, 0) is 14.4 Å². The van der Waals surface area contributed by atoms with E-state index in [1.807, 2.05) is 0 Å². The average Bonchev–Trinajstić information content (AvgIpc) is 2.46. The highest BCUT2D eigenvalue weighted by molar-refractivity contribution is 5.79. The topological polar surface area (TPSA) is 152 Å². The summed E-state index contributed by atoms with van der Waals surface area (Å²) >= 11 is 0. The molecule has 0 unspecified atom stereocenters. The Hall–Kier alpha value is -2.45. The van der Waals surface area contributed by atoms with E-state index in [0.717, 1.165) is 31.1 Å². The highest BCUT2D eigenvalue weighted by Crippen LogP contribution is 1.80. The summed E-state index contributed by atoms with van der Waals surface area (Å²) in [7, 11) is 0. The number of carboxylic acids is 3. The first-order valence-corrected chi connectivity index (χ1v) is 5.51. The van der Waals surface area contributed by atoms with E-state index in [9.17, 15) is 14.4 Å². The Morgan fingerprint density at radius 1 is 0.667 bits per heavy atom. The summed E-state index contributed by atoms with van der Waals surface area (Å²) in [6.45, 7) is 9.27. The maximum absolute atomic E-state index is 9.25. The number of unbranched alkanes of at least 4 members (excludes halogenated alkanes) is 1. The third kappa shape index (κ3) is 98.9. The Balaban J connectivity index is -0.0000000921. The predicted molar refractivity (Wildman–Crippen MR) is 76.9 cm³/mol. The quantitative estimate of drug-likeness (QED) is 0.352. The summed E-state index contributed by atoms with van der Waals surface area (Å²) in [6.07, 6.45) is 3.94. The van der Waals surface area contributed by atoms with Gasteiger partial charge >= 0.3 is 17.9 Å². The van der Waals surface area contributed by atoms with Crippen molar-refractivity contribution in [2.24, 2.45) is 0 Å². The maximum atomic E-state index is 9.25. The van der Waals surface area contributed by atoms with Crippen molar-refractivity contribution in [2.45, 2.75) is 12.8 Å². The van der Waals surface area contributed by atoms with Crippen LogP contribution in [0.2, 0.25) is 0 Å². The number of hydrogen-bond acceptors (Lipinski definition) is 5. The summed E-state index contributed by atoms with van der Waals surface area (Å²) in [5, 5.41) is 39.0. The lowest BCUT2D eigenvalue weighted by atomic mass is 10.3. The predicted octanol–water partition coefficient (Wildman–Crippen LogP) is 0.522. The minimum Gasteiger partial charge on any atom is -0.478 e. The van der Waals surface area contributed by atoms with Crippen LogP contribution in [0.25, 0.3) is 0 Å². The highest BCUT2D eigenvalue weighted by atomic mass is 16.4. The fraction of sp³-hybridized carbons (Fsp3) is 0.308. The molecule has 0 aromatic carbocycles. The third-order valence-corrected chi connectivity index (χ3v) is 1.09. The standard InChI is InChI=1S/C4H10O2.3C3H4O2/c5-3-1-2-4-6;3*1-2-3(4)5/h5-6H,1-4H2;3*2H,1H2,(H,4,5). The van der Waals surface area contributed by atoms with Crippen molar-refractivity contribution < 1.29 is 39.9 Å². The van der Waals surface area contributed by atoms with E-state index < -0.39 is 17.9 Å². The van der Waals surface area contributed by atoms with Crippen LogP contribution in [0.4, 0.5) is 0 Å². The molecule has 0 aliphatic carbocycles. The second-order valence-electron chi connectivity index (χ2n) is 2.78. The van der Waals surface area contributed by atoms with Crippen LogP contribution in [0.5, 0.6) is 0 Å². The zero-order valence-corrected chi connectivity index (χ0v) is 11.6. The molecule has 5 N–H and O–H groups in total. The zero-order valence-electron chi connectivity index (χ0n) is 11.6. The van der Waals surface area contributed by atoms with Gasteiger partial charge in [0.2, 0.25) is 0 Å². The Kier molecular flexibility index (Phi) is 33.6. The van der Waals surface area contributed by atoms with E-state index >= 15 is 0 Å². The van der Waals surface area contributed by atoms with Gasteiger partial charge in [-0.2, -0.15) is 0 Å². The fourth-order valence-electron chi connectivity index (χ4n) is 0.224. The van der Waals surface area contributed by atoms with Crippen molar-refractivity contribution in [1.82, 2.24) is 0 Å². The van der Waals surface area contributed by atoms with Gasteiger partial charge in [0.15, 0.2) is 0 Å². The van der Waals surface area contributed by atoms with Crippen LogP contribution in [0.15, 0.2) is 38.0 Å². The van der Waals surface area contributed by atoms with Gasteiger partial charge < -0.3 is 25.5 Å². The lowest BCUT2D eigenvalue weighted by molar-refractivity contribution is -0.132. The Bertz CT molecular complexity index is 262. The molecule has 0 atom stereocenters. The molecule has 0 amide bonds. The van der Waals surface area contributed by atoms with Gasteiger partial charge in [-0.25, -0.2) is 14.4 Å². The van der Waals surface area contributed by atoms with Crippen LogP contribution < -0.4 is 0 Å². The van der Waals surface area contributed by atoms with E-state index in [1.54, 1.807) is 0 Å². The number of carbonyl (C=O) groups is 3. The summed E-state index contributed by atoms with van der Waals surface area (Å²) in [4.78, 5) is 27.8. The van der Waals surface area contributed by atoms with Crippen molar-refractivity contribution in [3.05, 3.63) is 38.0 Å². The molecule has 0 spiro atoms. The maximum Gasteiger partial charge on any atom is 0.327 e. The van der Waals surface area contributed by atoms with Gasteiger partial charge in [0.05, 0.1) is 0 Å². The van der Waals surface area contributed by atoms with Crippen molar-refractivity contribution in [3.8, 4) is 0 Å². The molecule has 0 aliphatic heterocycles. The molecule has 122 valence electrons. The van der Waals surface area contributed by atoms with Gasteiger partial charge in [0.25, 0.3) is 0 Å². The minimum absolute atomic E-state index is 0.195. The molecular formula is C13H22O8. The Morgan fingerprint density at radius 2 is 0.810 bits per heavy atom. The highest BCUT2D eigenvalue weighted by Gasteiger charge is 1.77. The number of aliphatic hydroxyl groups is 2. The number of aliphatic carboxylic acids is 3. The lowest BCUT2D eigenvalue weighted by Crippen LogP contribution is -1.85. The van der Waals surface area contributed by atoms with Crippen LogP contribution in [0.3, 0.4) is 0 Å². The van der Waals surface area contributed by atoms with Gasteiger partial charge in [-0.05, 0) is 12.8 Å². The fourth-order valence-corrected chi connectivity index (χ4v) is 0.224. The van der Waals surface area contributed by atoms with E-state index in [-0.39, 0.29) is 13.2 Å². The van der Waals surface area contributed by atoms with Crippen molar-refractivity contribution in [3.63, 3.8) is 0 Å². The van der Waals surface area contributed by atoms with E-state index in [0.29, 0.717) is 0 Å². The number of aliphatic hydroxyl groups excluding tert-OH is 2. The van der Waals surface area contributed by atoms with Crippen LogP contribution in [0, 0.1) is 0 Å². The third-order valence-electron chi connectivity index (χ3n) is 1.09. The minimum atomic E-state index is -0.981. The Morgan fingerprint density at radius 3 is 0.857 bits per heavy atom. The summed E-state index contributed by atoms with van der Waals surface area (Å²) in [6, 6.07) is 0. The number of hydrogen-bond donors (Lipinski definition) is 5. The first-order valence-electron chi connectivity index (χ1n) is 5.51. The monoisotopic (exact) mass is 306 g/mol. The first-order chi connectivity index (χ1) is 9.72. The normalized spacial score (nSPS) is 7.14. The second kappa shape index (κ2) is 26.2. The van der Waals surface area contributed by atoms with Crippen LogP contribution in [0.1, 0.15) is 12.8 Å². The molecule has 0 aromatic heterocycles. The Labute approximate surface area is 123 Å². The SMILES string of the molecule is C=CC(=O)O.C=CC(=O)O.C=CC(=O)O.OCCCCO. The van der Waals surface area contributed by atoms with E-state index in [4.69, 9.17) is 25.5 Å². The van der Waals surface area contributed by atoms with Gasteiger partial charge in [-0.15, -0.1) is 0 Å². The van der Waals surface area contributed by atoms with Crippen molar-refractivity contribution >= 4 is 17.9 Å². The molecule has 0 bridgehead atoms. The lowest BCUT2D eigenvalue weighted by Gasteiger charge is -1.85. The molecule has 0 radical (unpaired) electrons. The van der Waals surface area contributed by atoms with Gasteiger partial charge in [0.1, 0.15) is 0 Å². The van der Waals surface area contributed by atoms with Gasteiger partial charge in [0, 0.05) is 31.4 Å². The molecule has 8 heteroatoms. The van der Waals surface area contributed by atoms with Gasteiger partial charge in [-0.3, -0.25) is 0 Å². The molecule has 21 heavy (non-hydrogen) atoms. The number of carboxylic acid groups (broad SMARTS) is 3. The van der Waals surface area contributed by atoms with Crippen molar-refractivity contribution in [2.75, 3.05) is 13.2 Å². The molecule has 0 saturated carbocycles. The molecule has 0 aliphatic rings. The largest absolute Gasteiger partial charge is 0.478 e. The molecule has 0 saturated heterocycles. The average molecular weight is 306 g/mol. The summed E-state index contributed by atoms with van der Waals surface area (Å²) in [5.41, 5.74) is 0. The summed E-state index contributed by atoms with van der Waals surface area (Å²) in [5.74, 6) is -2.94. The second-order valence-corrected chi connectivity index (χ2v) is 2.78. The van der Waals surface area contributed by atoms with Crippen molar-refractivity contribution in [1.29, 1.82) is 0 Å². The zero-order chi connectivity index (χ0) is 17.7.